The molecule has 84 valence electrons. The highest BCUT2D eigenvalue weighted by molar-refractivity contribution is 5.53. The Kier molecular flexibility index (Phi) is 16.7. The second-order valence-corrected chi connectivity index (χ2v) is 3.40. The number of carbonyl (C=O) groups excluding carboxylic acids is 2. The molecule has 2 heteroatoms. The molecular weight excluding hydrogens is 176 g/mol. The Bertz CT molecular complexity index is 121. The van der Waals surface area contributed by atoms with E-state index in [1.54, 1.807) is 0 Å². The second-order valence-electron chi connectivity index (χ2n) is 3.40. The number of hydrogen-bond donors (Lipinski definition) is 0. The van der Waals surface area contributed by atoms with Crippen LogP contribution in [0.5, 0.6) is 0 Å². The lowest BCUT2D eigenvalue weighted by molar-refractivity contribution is -0.111. The summed E-state index contributed by atoms with van der Waals surface area (Å²) < 4.78 is 0. The molecule has 0 saturated carbocycles. The molecule has 0 amide bonds. The van der Waals surface area contributed by atoms with Crippen LogP contribution in [0.2, 0.25) is 0 Å². The molecule has 0 aliphatic carbocycles. The average Bonchev–Trinajstić information content (AvgIpc) is 2.22. The molecule has 0 heterocycles. The van der Waals surface area contributed by atoms with E-state index in [9.17, 15) is 9.59 Å². The zero-order chi connectivity index (χ0) is 11.2. The largest absolute Gasteiger partial charge is 0.303 e. The van der Waals surface area contributed by atoms with Crippen molar-refractivity contribution in [1.82, 2.24) is 0 Å². The van der Waals surface area contributed by atoms with Crippen LogP contribution in [-0.2, 0) is 9.59 Å². The van der Waals surface area contributed by atoms with Crippen molar-refractivity contribution in [1.29, 1.82) is 0 Å². The van der Waals surface area contributed by atoms with Gasteiger partial charge in [-0.1, -0.05) is 33.6 Å². The van der Waals surface area contributed by atoms with Crippen LogP contribution in [0.15, 0.2) is 0 Å². The van der Waals surface area contributed by atoms with Gasteiger partial charge in [0.25, 0.3) is 0 Å². The molecule has 2 nitrogen and oxygen atoms in total. The van der Waals surface area contributed by atoms with Gasteiger partial charge in [0.1, 0.15) is 12.6 Å². The third kappa shape index (κ3) is 13.9. The van der Waals surface area contributed by atoms with Crippen molar-refractivity contribution in [3.05, 3.63) is 0 Å². The highest BCUT2D eigenvalue weighted by Gasteiger charge is 2.01. The van der Waals surface area contributed by atoms with E-state index in [0.29, 0.717) is 12.3 Å². The molecule has 0 saturated heterocycles. The third-order valence-electron chi connectivity index (χ3n) is 2.05. The summed E-state index contributed by atoms with van der Waals surface area (Å²) in [5, 5.41) is 0. The van der Waals surface area contributed by atoms with Gasteiger partial charge < -0.3 is 9.59 Å². The van der Waals surface area contributed by atoms with Crippen molar-refractivity contribution in [3.8, 4) is 0 Å². The molecule has 0 aromatic rings. The summed E-state index contributed by atoms with van der Waals surface area (Å²) in [6, 6.07) is 0. The normalized spacial score (nSPS) is 11.1. The van der Waals surface area contributed by atoms with Crippen molar-refractivity contribution in [3.63, 3.8) is 0 Å². The molecule has 0 fully saturated rings. The molecule has 0 radical (unpaired) electrons. The first kappa shape index (κ1) is 15.8. The SMILES string of the molecule is CCCC=O.CCCCC(C=O)CC. The Morgan fingerprint density at radius 1 is 1.07 bits per heavy atom. The van der Waals surface area contributed by atoms with Gasteiger partial charge in [-0.25, -0.2) is 0 Å². The van der Waals surface area contributed by atoms with Crippen LogP contribution in [0.3, 0.4) is 0 Å². The molecule has 0 spiro atoms. The van der Waals surface area contributed by atoms with Gasteiger partial charge in [-0.15, -0.1) is 0 Å². The number of aldehydes is 2. The van der Waals surface area contributed by atoms with Crippen molar-refractivity contribution in [2.24, 2.45) is 5.92 Å². The number of rotatable bonds is 7. The fraction of sp³-hybridized carbons (Fsp3) is 0.833. The minimum absolute atomic E-state index is 0.324. The quantitative estimate of drug-likeness (QED) is 0.590. The van der Waals surface area contributed by atoms with E-state index < -0.39 is 0 Å². The molecule has 14 heavy (non-hydrogen) atoms. The highest BCUT2D eigenvalue weighted by Crippen LogP contribution is 2.08. The Balaban J connectivity index is 0. The summed E-state index contributed by atoms with van der Waals surface area (Å²) in [5.41, 5.74) is 0. The molecule has 0 aromatic carbocycles. The summed E-state index contributed by atoms with van der Waals surface area (Å²) >= 11 is 0. The topological polar surface area (TPSA) is 34.1 Å². The van der Waals surface area contributed by atoms with Crippen molar-refractivity contribution >= 4 is 12.6 Å². The van der Waals surface area contributed by atoms with Crippen LogP contribution >= 0.6 is 0 Å². The van der Waals surface area contributed by atoms with Crippen LogP contribution in [-0.4, -0.2) is 12.6 Å². The van der Waals surface area contributed by atoms with Gasteiger partial charge in [-0.2, -0.15) is 0 Å². The van der Waals surface area contributed by atoms with E-state index in [4.69, 9.17) is 0 Å². The van der Waals surface area contributed by atoms with E-state index in [-0.39, 0.29) is 0 Å². The molecule has 0 bridgehead atoms. The lowest BCUT2D eigenvalue weighted by Gasteiger charge is -2.03. The maximum absolute atomic E-state index is 10.2. The fourth-order valence-corrected chi connectivity index (χ4v) is 0.953. The number of carbonyl (C=O) groups is 2. The van der Waals surface area contributed by atoms with Gasteiger partial charge in [-0.05, 0) is 19.3 Å². The third-order valence-corrected chi connectivity index (χ3v) is 2.05. The predicted molar refractivity (Wildman–Crippen MR) is 60.3 cm³/mol. The van der Waals surface area contributed by atoms with Gasteiger partial charge in [0.15, 0.2) is 0 Å². The first-order chi connectivity index (χ1) is 6.76. The molecule has 1 atom stereocenters. The summed E-state index contributed by atoms with van der Waals surface area (Å²) in [6.07, 6.45) is 8.17. The van der Waals surface area contributed by atoms with Crippen molar-refractivity contribution < 1.29 is 9.59 Å². The van der Waals surface area contributed by atoms with Gasteiger partial charge >= 0.3 is 0 Å². The summed E-state index contributed by atoms with van der Waals surface area (Å²) in [7, 11) is 0. The molecule has 0 rings (SSSR count). The standard InChI is InChI=1S/C8H16O.C4H8O/c1-3-5-6-8(4-2)7-9;1-2-3-4-5/h7-8H,3-6H2,1-2H3;4H,2-3H2,1H3. The van der Waals surface area contributed by atoms with Crippen molar-refractivity contribution in [2.45, 2.75) is 59.3 Å². The molecular formula is C12H24O2. The first-order valence-electron chi connectivity index (χ1n) is 5.65. The Morgan fingerprint density at radius 3 is 1.93 bits per heavy atom. The van der Waals surface area contributed by atoms with E-state index in [1.165, 1.54) is 12.8 Å². The summed E-state index contributed by atoms with van der Waals surface area (Å²) in [5.74, 6) is 0.324. The molecule has 0 aliphatic heterocycles. The zero-order valence-corrected chi connectivity index (χ0v) is 9.79. The smallest absolute Gasteiger partial charge is 0.123 e. The summed E-state index contributed by atoms with van der Waals surface area (Å²) in [4.78, 5) is 19.6. The molecule has 0 aliphatic rings. The fourth-order valence-electron chi connectivity index (χ4n) is 0.953. The van der Waals surface area contributed by atoms with Crippen LogP contribution in [0.4, 0.5) is 0 Å². The number of hydrogen-bond acceptors (Lipinski definition) is 2. The van der Waals surface area contributed by atoms with Crippen LogP contribution in [0.1, 0.15) is 59.3 Å². The Labute approximate surface area is 88.1 Å². The van der Waals surface area contributed by atoms with E-state index in [2.05, 4.69) is 13.8 Å². The van der Waals surface area contributed by atoms with Gasteiger partial charge in [-0.3, -0.25) is 0 Å². The minimum Gasteiger partial charge on any atom is -0.303 e. The highest BCUT2D eigenvalue weighted by atomic mass is 16.1. The Morgan fingerprint density at radius 2 is 1.71 bits per heavy atom. The lowest BCUT2D eigenvalue weighted by atomic mass is 10.0. The van der Waals surface area contributed by atoms with Crippen LogP contribution in [0, 0.1) is 5.92 Å². The average molecular weight is 200 g/mol. The van der Waals surface area contributed by atoms with Crippen molar-refractivity contribution in [2.75, 3.05) is 0 Å². The van der Waals surface area contributed by atoms with Crippen LogP contribution < -0.4 is 0 Å². The second kappa shape index (κ2) is 14.8. The molecule has 0 N–H and O–H groups in total. The monoisotopic (exact) mass is 200 g/mol. The summed E-state index contributed by atoms with van der Waals surface area (Å²) in [6.45, 7) is 6.20. The predicted octanol–water partition coefficient (Wildman–Crippen LogP) is 3.39. The maximum Gasteiger partial charge on any atom is 0.123 e. The minimum atomic E-state index is 0.324. The van der Waals surface area contributed by atoms with E-state index in [0.717, 1.165) is 31.8 Å². The van der Waals surface area contributed by atoms with Gasteiger partial charge in [0.05, 0.1) is 0 Å². The van der Waals surface area contributed by atoms with Gasteiger partial charge in [0, 0.05) is 12.3 Å². The van der Waals surface area contributed by atoms with Crippen LogP contribution in [0.25, 0.3) is 0 Å². The zero-order valence-electron chi connectivity index (χ0n) is 9.79. The lowest BCUT2D eigenvalue weighted by Crippen LogP contribution is -1.98. The van der Waals surface area contributed by atoms with E-state index in [1.807, 2.05) is 6.92 Å². The van der Waals surface area contributed by atoms with Gasteiger partial charge in [0.2, 0.25) is 0 Å². The maximum atomic E-state index is 10.2. The Hall–Kier alpha value is -0.660. The number of unbranched alkanes of at least 4 members (excludes halogenated alkanes) is 2. The molecule has 0 aromatic heterocycles. The van der Waals surface area contributed by atoms with E-state index >= 15 is 0 Å². The first-order valence-corrected chi connectivity index (χ1v) is 5.65. The molecule has 1 unspecified atom stereocenters.